The molecule has 1 unspecified atom stereocenters. The standard InChI is InChI=1S/C16H18N2O3/c19-10-4-3-6-12-5-1-2-7-13(12)11-17-16(21)14-8-9-15(20)18-14/h1-2,5,7,14,19H,4,8-11H2,(H,17,21)(H,18,20). The Kier molecular flexibility index (Phi) is 5.35. The molecule has 1 aliphatic heterocycles. The summed E-state index contributed by atoms with van der Waals surface area (Å²) in [6.45, 7) is 0.405. The van der Waals surface area contributed by atoms with E-state index in [-0.39, 0.29) is 18.4 Å². The zero-order chi connectivity index (χ0) is 15.1. The quantitative estimate of drug-likeness (QED) is 0.697. The fourth-order valence-electron chi connectivity index (χ4n) is 2.13. The summed E-state index contributed by atoms with van der Waals surface area (Å²) in [4.78, 5) is 23.0. The Balaban J connectivity index is 1.95. The van der Waals surface area contributed by atoms with Gasteiger partial charge in [-0.15, -0.1) is 0 Å². The van der Waals surface area contributed by atoms with E-state index in [2.05, 4.69) is 22.5 Å². The van der Waals surface area contributed by atoms with E-state index in [1.165, 1.54) is 0 Å². The maximum absolute atomic E-state index is 11.9. The van der Waals surface area contributed by atoms with Gasteiger partial charge in [0, 0.05) is 24.9 Å². The minimum atomic E-state index is -0.426. The predicted molar refractivity (Wildman–Crippen MR) is 78.0 cm³/mol. The van der Waals surface area contributed by atoms with Crippen LogP contribution in [0.3, 0.4) is 0 Å². The van der Waals surface area contributed by atoms with E-state index in [0.717, 1.165) is 11.1 Å². The van der Waals surface area contributed by atoms with E-state index < -0.39 is 6.04 Å². The number of hydrogen-bond donors (Lipinski definition) is 3. The first-order chi connectivity index (χ1) is 10.2. The Bertz CT molecular complexity index is 587. The second-order valence-electron chi connectivity index (χ2n) is 4.81. The van der Waals surface area contributed by atoms with Gasteiger partial charge in [-0.25, -0.2) is 0 Å². The molecule has 0 spiro atoms. The zero-order valence-electron chi connectivity index (χ0n) is 11.7. The largest absolute Gasteiger partial charge is 0.395 e. The number of aliphatic hydroxyl groups is 1. The van der Waals surface area contributed by atoms with Gasteiger partial charge in [0.1, 0.15) is 6.04 Å². The molecule has 0 saturated carbocycles. The Morgan fingerprint density at radius 2 is 2.24 bits per heavy atom. The molecule has 0 aliphatic carbocycles. The molecule has 1 fully saturated rings. The van der Waals surface area contributed by atoms with Crippen molar-refractivity contribution in [3.8, 4) is 11.8 Å². The molecular weight excluding hydrogens is 268 g/mol. The van der Waals surface area contributed by atoms with E-state index in [4.69, 9.17) is 5.11 Å². The van der Waals surface area contributed by atoms with Crippen molar-refractivity contribution >= 4 is 11.8 Å². The van der Waals surface area contributed by atoms with Gasteiger partial charge in [-0.1, -0.05) is 30.0 Å². The van der Waals surface area contributed by atoms with Crippen LogP contribution in [0.25, 0.3) is 0 Å². The van der Waals surface area contributed by atoms with Crippen molar-refractivity contribution in [2.75, 3.05) is 6.61 Å². The van der Waals surface area contributed by atoms with E-state index >= 15 is 0 Å². The maximum Gasteiger partial charge on any atom is 0.242 e. The third-order valence-electron chi connectivity index (χ3n) is 3.24. The minimum Gasteiger partial charge on any atom is -0.395 e. The Morgan fingerprint density at radius 3 is 2.95 bits per heavy atom. The lowest BCUT2D eigenvalue weighted by atomic mass is 10.1. The number of benzene rings is 1. The van der Waals surface area contributed by atoms with E-state index in [1.807, 2.05) is 24.3 Å². The van der Waals surface area contributed by atoms with Crippen molar-refractivity contribution in [1.82, 2.24) is 10.6 Å². The molecule has 1 aromatic carbocycles. The molecule has 0 radical (unpaired) electrons. The summed E-state index contributed by atoms with van der Waals surface area (Å²) in [5.74, 6) is 5.61. The summed E-state index contributed by atoms with van der Waals surface area (Å²) in [6.07, 6.45) is 1.37. The summed E-state index contributed by atoms with van der Waals surface area (Å²) in [5.41, 5.74) is 1.75. The topological polar surface area (TPSA) is 78.4 Å². The lowest BCUT2D eigenvalue weighted by Crippen LogP contribution is -2.41. The van der Waals surface area contributed by atoms with Crippen LogP contribution in [0.5, 0.6) is 0 Å². The van der Waals surface area contributed by atoms with E-state index in [0.29, 0.717) is 25.8 Å². The smallest absolute Gasteiger partial charge is 0.242 e. The minimum absolute atomic E-state index is 0.0350. The molecule has 5 nitrogen and oxygen atoms in total. The number of rotatable bonds is 4. The van der Waals surface area contributed by atoms with Crippen LogP contribution < -0.4 is 10.6 Å². The molecule has 3 N–H and O–H groups in total. The summed E-state index contributed by atoms with van der Waals surface area (Å²) in [5, 5.41) is 14.2. The van der Waals surface area contributed by atoms with Gasteiger partial charge in [0.15, 0.2) is 0 Å². The highest BCUT2D eigenvalue weighted by atomic mass is 16.2. The van der Waals surface area contributed by atoms with Crippen molar-refractivity contribution in [2.24, 2.45) is 0 Å². The zero-order valence-corrected chi connectivity index (χ0v) is 11.7. The fourth-order valence-corrected chi connectivity index (χ4v) is 2.13. The highest BCUT2D eigenvalue weighted by Crippen LogP contribution is 2.09. The van der Waals surface area contributed by atoms with Crippen LogP contribution in [0.2, 0.25) is 0 Å². The van der Waals surface area contributed by atoms with Gasteiger partial charge in [0.2, 0.25) is 11.8 Å². The molecule has 5 heteroatoms. The number of nitrogens with one attached hydrogen (secondary N) is 2. The average molecular weight is 286 g/mol. The van der Waals surface area contributed by atoms with Crippen LogP contribution in [0.4, 0.5) is 0 Å². The maximum atomic E-state index is 11.9. The Morgan fingerprint density at radius 1 is 1.43 bits per heavy atom. The summed E-state index contributed by atoms with van der Waals surface area (Å²) < 4.78 is 0. The van der Waals surface area contributed by atoms with Crippen molar-refractivity contribution in [3.05, 3.63) is 35.4 Å². The van der Waals surface area contributed by atoms with Gasteiger partial charge in [0.25, 0.3) is 0 Å². The first-order valence-corrected chi connectivity index (χ1v) is 6.95. The molecular formula is C16H18N2O3. The molecule has 1 aromatic rings. The van der Waals surface area contributed by atoms with Gasteiger partial charge in [-0.3, -0.25) is 9.59 Å². The number of amides is 2. The third kappa shape index (κ3) is 4.33. The number of aliphatic hydroxyl groups excluding tert-OH is 1. The van der Waals surface area contributed by atoms with Crippen LogP contribution in [-0.2, 0) is 16.1 Å². The first-order valence-electron chi connectivity index (χ1n) is 6.95. The van der Waals surface area contributed by atoms with Crippen molar-refractivity contribution in [1.29, 1.82) is 0 Å². The lowest BCUT2D eigenvalue weighted by molar-refractivity contribution is -0.125. The van der Waals surface area contributed by atoms with Crippen LogP contribution in [0, 0.1) is 11.8 Å². The second-order valence-corrected chi connectivity index (χ2v) is 4.81. The molecule has 0 aromatic heterocycles. The molecule has 0 bridgehead atoms. The average Bonchev–Trinajstić information content (AvgIpc) is 2.93. The molecule has 110 valence electrons. The van der Waals surface area contributed by atoms with Gasteiger partial charge < -0.3 is 15.7 Å². The monoisotopic (exact) mass is 286 g/mol. The highest BCUT2D eigenvalue weighted by molar-refractivity contribution is 5.90. The van der Waals surface area contributed by atoms with Crippen molar-refractivity contribution in [2.45, 2.75) is 31.8 Å². The van der Waals surface area contributed by atoms with Gasteiger partial charge in [-0.05, 0) is 18.1 Å². The summed E-state index contributed by atoms with van der Waals surface area (Å²) >= 11 is 0. The molecule has 2 amide bonds. The Labute approximate surface area is 123 Å². The number of carbonyl (C=O) groups excluding carboxylic acids is 2. The fraction of sp³-hybridized carbons (Fsp3) is 0.375. The third-order valence-corrected chi connectivity index (χ3v) is 3.24. The van der Waals surface area contributed by atoms with Gasteiger partial charge in [0.05, 0.1) is 6.61 Å². The predicted octanol–water partition coefficient (Wildman–Crippen LogP) is 0.315. The van der Waals surface area contributed by atoms with E-state index in [9.17, 15) is 9.59 Å². The highest BCUT2D eigenvalue weighted by Gasteiger charge is 2.26. The van der Waals surface area contributed by atoms with Crippen LogP contribution >= 0.6 is 0 Å². The van der Waals surface area contributed by atoms with Crippen molar-refractivity contribution < 1.29 is 14.7 Å². The normalized spacial score (nSPS) is 16.8. The molecule has 1 saturated heterocycles. The second kappa shape index (κ2) is 7.46. The van der Waals surface area contributed by atoms with Crippen LogP contribution in [-0.4, -0.2) is 29.6 Å². The summed E-state index contributed by atoms with van der Waals surface area (Å²) in [6, 6.07) is 7.12. The van der Waals surface area contributed by atoms with Crippen LogP contribution in [0.1, 0.15) is 30.4 Å². The SMILES string of the molecule is O=C1CCC(C(=O)NCc2ccccc2C#CCCO)N1. The molecule has 1 atom stereocenters. The number of hydrogen-bond acceptors (Lipinski definition) is 3. The molecule has 2 rings (SSSR count). The number of carbonyl (C=O) groups is 2. The van der Waals surface area contributed by atoms with E-state index in [1.54, 1.807) is 0 Å². The molecule has 21 heavy (non-hydrogen) atoms. The van der Waals surface area contributed by atoms with Gasteiger partial charge in [-0.2, -0.15) is 0 Å². The first kappa shape index (κ1) is 15.1. The molecule has 1 aliphatic rings. The Hall–Kier alpha value is -2.32. The van der Waals surface area contributed by atoms with Gasteiger partial charge >= 0.3 is 0 Å². The van der Waals surface area contributed by atoms with Crippen LogP contribution in [0.15, 0.2) is 24.3 Å². The lowest BCUT2D eigenvalue weighted by Gasteiger charge is -2.11. The van der Waals surface area contributed by atoms with Crippen molar-refractivity contribution in [3.63, 3.8) is 0 Å². The molecule has 1 heterocycles. The summed E-state index contributed by atoms with van der Waals surface area (Å²) in [7, 11) is 0.